The van der Waals surface area contributed by atoms with E-state index >= 15 is 0 Å². The van der Waals surface area contributed by atoms with Crippen molar-refractivity contribution >= 4 is 27.9 Å². The molecular weight excluding hydrogens is 446 g/mol. The number of nitrogens with zero attached hydrogens (tertiary/aromatic N) is 4. The lowest BCUT2D eigenvalue weighted by atomic mass is 9.98. The highest BCUT2D eigenvalue weighted by molar-refractivity contribution is 7.14. The van der Waals surface area contributed by atoms with Crippen molar-refractivity contribution in [2.45, 2.75) is 12.5 Å². The van der Waals surface area contributed by atoms with E-state index < -0.39 is 4.92 Å². The minimum Gasteiger partial charge on any atom is -0.258 e. The Morgan fingerprint density at radius 3 is 2.36 bits per heavy atom. The van der Waals surface area contributed by atoms with Crippen molar-refractivity contribution in [1.29, 1.82) is 0 Å². The molecule has 1 unspecified atom stereocenters. The summed E-state index contributed by atoms with van der Waals surface area (Å²) in [5.41, 5.74) is 3.62. The normalized spacial score (nSPS) is 15.5. The number of aromatic nitrogens is 1. The highest BCUT2D eigenvalue weighted by atomic mass is 32.1. The van der Waals surface area contributed by atoms with E-state index in [-0.39, 0.29) is 23.4 Å². The molecule has 33 heavy (non-hydrogen) atoms. The first kappa shape index (κ1) is 20.9. The molecule has 0 fully saturated rings. The Labute approximate surface area is 191 Å². The molecule has 0 saturated carbocycles. The summed E-state index contributed by atoms with van der Waals surface area (Å²) in [6, 6.07) is 18.3. The molecule has 5 rings (SSSR count). The van der Waals surface area contributed by atoms with Crippen molar-refractivity contribution in [2.24, 2.45) is 5.10 Å². The number of hydrogen-bond donors (Lipinski definition) is 0. The van der Waals surface area contributed by atoms with E-state index in [9.17, 15) is 18.9 Å². The number of anilines is 1. The van der Waals surface area contributed by atoms with Gasteiger partial charge in [0.1, 0.15) is 11.6 Å². The zero-order valence-electron chi connectivity index (χ0n) is 17.1. The third-order valence-electron chi connectivity index (χ3n) is 5.38. The number of nitro benzene ring substituents is 1. The molecule has 1 aliphatic heterocycles. The Bertz CT molecular complexity index is 1350. The number of thiazole rings is 1. The van der Waals surface area contributed by atoms with Gasteiger partial charge < -0.3 is 0 Å². The van der Waals surface area contributed by atoms with Crippen LogP contribution < -0.4 is 5.01 Å². The zero-order chi connectivity index (χ0) is 22.9. The largest absolute Gasteiger partial charge is 0.270 e. The molecule has 164 valence electrons. The molecule has 9 heteroatoms. The maximum Gasteiger partial charge on any atom is 0.270 e. The topological polar surface area (TPSA) is 71.6 Å². The maximum atomic E-state index is 13.5. The van der Waals surface area contributed by atoms with Crippen molar-refractivity contribution in [3.63, 3.8) is 0 Å². The van der Waals surface area contributed by atoms with Gasteiger partial charge in [-0.25, -0.2) is 18.8 Å². The van der Waals surface area contributed by atoms with Crippen LogP contribution in [0.4, 0.5) is 19.6 Å². The van der Waals surface area contributed by atoms with Crippen LogP contribution in [0.25, 0.3) is 11.3 Å². The van der Waals surface area contributed by atoms with Gasteiger partial charge in [-0.1, -0.05) is 24.3 Å². The van der Waals surface area contributed by atoms with Crippen LogP contribution >= 0.6 is 11.3 Å². The van der Waals surface area contributed by atoms with E-state index in [1.165, 1.54) is 47.7 Å². The average Bonchev–Trinajstić information content (AvgIpc) is 3.48. The molecule has 4 aromatic rings. The van der Waals surface area contributed by atoms with Crippen LogP contribution in [0.5, 0.6) is 0 Å². The average molecular weight is 462 g/mol. The fourth-order valence-electron chi connectivity index (χ4n) is 3.73. The van der Waals surface area contributed by atoms with E-state index in [1.54, 1.807) is 41.4 Å². The summed E-state index contributed by atoms with van der Waals surface area (Å²) in [4.78, 5) is 15.5. The lowest BCUT2D eigenvalue weighted by molar-refractivity contribution is -0.384. The third kappa shape index (κ3) is 4.22. The number of hydrogen-bond acceptors (Lipinski definition) is 6. The molecule has 0 N–H and O–H groups in total. The molecule has 0 radical (unpaired) electrons. The Balaban J connectivity index is 1.54. The highest BCUT2D eigenvalue weighted by Crippen LogP contribution is 2.39. The van der Waals surface area contributed by atoms with Crippen LogP contribution in [0.2, 0.25) is 0 Å². The van der Waals surface area contributed by atoms with E-state index in [0.29, 0.717) is 28.5 Å². The molecule has 1 atom stereocenters. The number of rotatable bonds is 5. The van der Waals surface area contributed by atoms with Gasteiger partial charge in [0, 0.05) is 35.1 Å². The van der Waals surface area contributed by atoms with Crippen molar-refractivity contribution in [3.8, 4) is 11.3 Å². The standard InChI is InChI=1S/C24H16F2N4O2S/c25-18-8-4-15(5-9-18)22-14-33-24(27-22)29-23(16-6-10-19(26)11-7-16)13-21(28-29)17-2-1-3-20(12-17)30(31)32/h1-12,14,23H,13H2. The number of benzene rings is 3. The van der Waals surface area contributed by atoms with Crippen LogP contribution in [0, 0.1) is 21.7 Å². The van der Waals surface area contributed by atoms with Gasteiger partial charge in [0.15, 0.2) is 0 Å². The fourth-order valence-corrected chi connectivity index (χ4v) is 4.56. The predicted octanol–water partition coefficient (Wildman–Crippen LogP) is 6.35. The van der Waals surface area contributed by atoms with Gasteiger partial charge in [0.25, 0.3) is 5.69 Å². The highest BCUT2D eigenvalue weighted by Gasteiger charge is 2.32. The fraction of sp³-hybridized carbons (Fsp3) is 0.0833. The second-order valence-corrected chi connectivity index (χ2v) is 8.33. The van der Waals surface area contributed by atoms with Crippen LogP contribution in [0.1, 0.15) is 23.6 Å². The first-order chi connectivity index (χ1) is 16.0. The van der Waals surface area contributed by atoms with Gasteiger partial charge in [-0.15, -0.1) is 11.3 Å². The quantitative estimate of drug-likeness (QED) is 0.256. The van der Waals surface area contributed by atoms with E-state index in [4.69, 9.17) is 10.1 Å². The first-order valence-corrected chi connectivity index (χ1v) is 10.9. The van der Waals surface area contributed by atoms with Gasteiger partial charge in [-0.05, 0) is 42.0 Å². The Kier molecular flexibility index (Phi) is 5.39. The summed E-state index contributed by atoms with van der Waals surface area (Å²) >= 11 is 1.38. The minimum atomic E-state index is -0.440. The third-order valence-corrected chi connectivity index (χ3v) is 6.21. The molecule has 0 saturated heterocycles. The molecule has 0 amide bonds. The second-order valence-electron chi connectivity index (χ2n) is 7.49. The van der Waals surface area contributed by atoms with Crippen LogP contribution in [-0.4, -0.2) is 15.6 Å². The van der Waals surface area contributed by atoms with Gasteiger partial charge in [0.2, 0.25) is 5.13 Å². The van der Waals surface area contributed by atoms with Crippen molar-refractivity contribution in [2.75, 3.05) is 5.01 Å². The van der Waals surface area contributed by atoms with Crippen molar-refractivity contribution in [3.05, 3.63) is 111 Å². The monoisotopic (exact) mass is 462 g/mol. The molecule has 2 heterocycles. The van der Waals surface area contributed by atoms with E-state index in [1.807, 2.05) is 5.38 Å². The minimum absolute atomic E-state index is 0.0140. The van der Waals surface area contributed by atoms with Gasteiger partial charge in [-0.2, -0.15) is 5.10 Å². The van der Waals surface area contributed by atoms with Crippen LogP contribution in [0.15, 0.2) is 83.3 Å². The number of non-ortho nitro benzene ring substituents is 1. The zero-order valence-corrected chi connectivity index (χ0v) is 17.9. The summed E-state index contributed by atoms with van der Waals surface area (Å²) in [5, 5.41) is 20.2. The van der Waals surface area contributed by atoms with Crippen LogP contribution in [-0.2, 0) is 0 Å². The summed E-state index contributed by atoms with van der Waals surface area (Å²) in [5.74, 6) is -0.660. The molecular formula is C24H16F2N4O2S. The second kappa shape index (κ2) is 8.51. The Morgan fingerprint density at radius 2 is 1.67 bits per heavy atom. The summed E-state index contributed by atoms with van der Waals surface area (Å²) in [6.07, 6.45) is 0.470. The van der Waals surface area contributed by atoms with E-state index in [0.717, 1.165) is 11.1 Å². The van der Waals surface area contributed by atoms with Gasteiger partial charge in [0.05, 0.1) is 22.4 Å². The van der Waals surface area contributed by atoms with Gasteiger partial charge >= 0.3 is 0 Å². The molecule has 0 aliphatic carbocycles. The first-order valence-electron chi connectivity index (χ1n) is 10.1. The maximum absolute atomic E-state index is 13.5. The molecule has 1 aromatic heterocycles. The Hall–Kier alpha value is -3.98. The molecule has 6 nitrogen and oxygen atoms in total. The molecule has 0 bridgehead atoms. The smallest absolute Gasteiger partial charge is 0.258 e. The lowest BCUT2D eigenvalue weighted by Gasteiger charge is -2.21. The number of nitro groups is 1. The van der Waals surface area contributed by atoms with Crippen molar-refractivity contribution < 1.29 is 13.7 Å². The summed E-state index contributed by atoms with van der Waals surface area (Å²) < 4.78 is 26.8. The Morgan fingerprint density at radius 1 is 0.970 bits per heavy atom. The SMILES string of the molecule is O=[N+]([O-])c1cccc(C2=NN(c3nc(-c4ccc(F)cc4)cs3)C(c3ccc(F)cc3)C2)c1. The number of halogens is 2. The molecule has 0 spiro atoms. The summed E-state index contributed by atoms with van der Waals surface area (Å²) in [7, 11) is 0. The van der Waals surface area contributed by atoms with Crippen molar-refractivity contribution in [1.82, 2.24) is 4.98 Å². The summed E-state index contributed by atoms with van der Waals surface area (Å²) in [6.45, 7) is 0. The predicted molar refractivity (Wildman–Crippen MR) is 123 cm³/mol. The lowest BCUT2D eigenvalue weighted by Crippen LogP contribution is -2.18. The van der Waals surface area contributed by atoms with Gasteiger partial charge in [-0.3, -0.25) is 10.1 Å². The molecule has 3 aromatic carbocycles. The van der Waals surface area contributed by atoms with Crippen LogP contribution in [0.3, 0.4) is 0 Å². The molecule has 1 aliphatic rings. The van der Waals surface area contributed by atoms with E-state index in [2.05, 4.69) is 0 Å². The number of hydrazone groups is 1.